The van der Waals surface area contributed by atoms with Crippen LogP contribution in [0.4, 0.5) is 10.8 Å². The topological polar surface area (TPSA) is 98.0 Å². The number of benzene rings is 2. The number of nitrogens with one attached hydrogen (secondary N) is 1. The lowest BCUT2D eigenvalue weighted by Crippen LogP contribution is -2.11. The van der Waals surface area contributed by atoms with Gasteiger partial charge in [-0.3, -0.25) is 20.2 Å². The molecule has 0 aliphatic carbocycles. The summed E-state index contributed by atoms with van der Waals surface area (Å²) >= 11 is 1.25. The molecule has 0 atom stereocenters. The first-order chi connectivity index (χ1) is 12.4. The molecule has 1 heterocycles. The maximum absolute atomic E-state index is 12.3. The van der Waals surface area contributed by atoms with Crippen LogP contribution in [0.5, 0.6) is 0 Å². The van der Waals surface area contributed by atoms with E-state index in [1.165, 1.54) is 41.2 Å². The van der Waals surface area contributed by atoms with Crippen molar-refractivity contribution in [3.8, 4) is 10.6 Å². The van der Waals surface area contributed by atoms with Gasteiger partial charge in [-0.2, -0.15) is 0 Å². The van der Waals surface area contributed by atoms with E-state index in [4.69, 9.17) is 0 Å². The Labute approximate surface area is 153 Å². The predicted octanol–water partition coefficient (Wildman–Crippen LogP) is 4.49. The molecule has 1 amide bonds. The van der Waals surface area contributed by atoms with Gasteiger partial charge in [-0.05, 0) is 17.5 Å². The minimum atomic E-state index is -0.541. The second-order valence-electron chi connectivity index (χ2n) is 5.95. The molecule has 0 bridgehead atoms. The molecule has 0 aliphatic rings. The van der Waals surface area contributed by atoms with E-state index >= 15 is 0 Å². The zero-order valence-electron chi connectivity index (χ0n) is 14.2. The van der Waals surface area contributed by atoms with Gasteiger partial charge in [0.2, 0.25) is 5.13 Å². The Hall–Kier alpha value is -3.13. The van der Waals surface area contributed by atoms with Crippen molar-refractivity contribution in [3.63, 3.8) is 0 Å². The number of hydrogen-bond donors (Lipinski definition) is 1. The quantitative estimate of drug-likeness (QED) is 0.528. The van der Waals surface area contributed by atoms with E-state index < -0.39 is 10.8 Å². The van der Waals surface area contributed by atoms with Crippen LogP contribution in [0.3, 0.4) is 0 Å². The first-order valence-corrected chi connectivity index (χ1v) is 8.75. The van der Waals surface area contributed by atoms with Gasteiger partial charge in [0.1, 0.15) is 5.01 Å². The van der Waals surface area contributed by atoms with Gasteiger partial charge in [-0.1, -0.05) is 55.5 Å². The van der Waals surface area contributed by atoms with Crippen molar-refractivity contribution in [1.29, 1.82) is 0 Å². The summed E-state index contributed by atoms with van der Waals surface area (Å²) in [6.45, 7) is 4.25. The van der Waals surface area contributed by atoms with E-state index in [0.717, 1.165) is 5.56 Å². The molecule has 0 spiro atoms. The van der Waals surface area contributed by atoms with Crippen LogP contribution in [0, 0.1) is 10.1 Å². The predicted molar refractivity (Wildman–Crippen MR) is 100 cm³/mol. The number of nitro groups is 1. The number of hydrogen-bond acceptors (Lipinski definition) is 6. The summed E-state index contributed by atoms with van der Waals surface area (Å²) in [5.41, 5.74) is 2.21. The molecule has 1 aromatic heterocycles. The summed E-state index contributed by atoms with van der Waals surface area (Å²) in [5.74, 6) is -0.0187. The average molecular weight is 368 g/mol. The first-order valence-electron chi connectivity index (χ1n) is 7.93. The number of non-ortho nitro benzene ring substituents is 1. The van der Waals surface area contributed by atoms with Gasteiger partial charge >= 0.3 is 0 Å². The molecular formula is C18H16N4O3S. The van der Waals surface area contributed by atoms with Gasteiger partial charge < -0.3 is 0 Å². The Morgan fingerprint density at radius 3 is 2.54 bits per heavy atom. The highest BCUT2D eigenvalue weighted by molar-refractivity contribution is 7.18. The average Bonchev–Trinajstić information content (AvgIpc) is 3.10. The van der Waals surface area contributed by atoms with E-state index in [-0.39, 0.29) is 11.3 Å². The largest absolute Gasteiger partial charge is 0.296 e. The fraction of sp³-hybridized carbons (Fsp3) is 0.167. The van der Waals surface area contributed by atoms with Gasteiger partial charge in [-0.15, -0.1) is 10.2 Å². The highest BCUT2D eigenvalue weighted by Gasteiger charge is 2.14. The summed E-state index contributed by atoms with van der Waals surface area (Å²) < 4.78 is 0. The zero-order chi connectivity index (χ0) is 18.7. The first kappa shape index (κ1) is 17.7. The fourth-order valence-corrected chi connectivity index (χ4v) is 3.08. The summed E-state index contributed by atoms with van der Waals surface area (Å²) in [5, 5.41) is 22.5. The van der Waals surface area contributed by atoms with Crippen LogP contribution in [0.15, 0.2) is 48.5 Å². The Morgan fingerprint density at radius 1 is 1.15 bits per heavy atom. The Kier molecular flexibility index (Phi) is 5.04. The molecule has 26 heavy (non-hydrogen) atoms. The molecule has 0 saturated heterocycles. The molecule has 0 fully saturated rings. The molecule has 132 valence electrons. The number of nitrogens with zero attached hydrogens (tertiary/aromatic N) is 3. The molecule has 1 N–H and O–H groups in total. The van der Waals surface area contributed by atoms with Crippen molar-refractivity contribution < 1.29 is 9.72 Å². The summed E-state index contributed by atoms with van der Waals surface area (Å²) in [7, 11) is 0. The van der Waals surface area contributed by atoms with Crippen LogP contribution in [0.1, 0.15) is 35.7 Å². The third-order valence-corrected chi connectivity index (χ3v) is 4.68. The third-order valence-electron chi connectivity index (χ3n) is 3.79. The van der Waals surface area contributed by atoms with Crippen molar-refractivity contribution >= 4 is 28.1 Å². The van der Waals surface area contributed by atoms with Crippen LogP contribution in [0.25, 0.3) is 10.6 Å². The fourth-order valence-electron chi connectivity index (χ4n) is 2.33. The maximum Gasteiger partial charge on any atom is 0.270 e. The molecule has 0 unspecified atom stereocenters. The summed E-state index contributed by atoms with van der Waals surface area (Å²) in [6.07, 6.45) is 0. The van der Waals surface area contributed by atoms with E-state index in [1.54, 1.807) is 0 Å². The van der Waals surface area contributed by atoms with Crippen molar-refractivity contribution in [2.75, 3.05) is 5.32 Å². The van der Waals surface area contributed by atoms with E-state index in [9.17, 15) is 14.9 Å². The zero-order valence-corrected chi connectivity index (χ0v) is 15.0. The molecule has 7 nitrogen and oxygen atoms in total. The van der Waals surface area contributed by atoms with Gasteiger partial charge in [-0.25, -0.2) is 0 Å². The number of aromatic nitrogens is 2. The molecule has 0 saturated carbocycles. The molecular weight excluding hydrogens is 352 g/mol. The highest BCUT2D eigenvalue weighted by Crippen LogP contribution is 2.28. The summed E-state index contributed by atoms with van der Waals surface area (Å²) in [4.78, 5) is 22.5. The van der Waals surface area contributed by atoms with Crippen molar-refractivity contribution in [3.05, 3.63) is 69.8 Å². The van der Waals surface area contributed by atoms with Crippen LogP contribution in [0.2, 0.25) is 0 Å². The van der Waals surface area contributed by atoms with Crippen molar-refractivity contribution in [2.24, 2.45) is 0 Å². The van der Waals surface area contributed by atoms with Gasteiger partial charge in [0, 0.05) is 23.3 Å². The number of amides is 1. The second kappa shape index (κ2) is 7.40. The summed E-state index contributed by atoms with van der Waals surface area (Å²) in [6, 6.07) is 13.6. The normalized spacial score (nSPS) is 10.7. The lowest BCUT2D eigenvalue weighted by atomic mass is 10.0. The molecule has 3 aromatic rings. The Balaban J connectivity index is 1.75. The monoisotopic (exact) mass is 368 g/mol. The van der Waals surface area contributed by atoms with E-state index in [2.05, 4.69) is 29.4 Å². The standard InChI is InChI=1S/C18H16N4O3S/c1-11(2)12-6-8-13(9-7-12)17-20-21-18(26-17)19-16(23)14-4-3-5-15(10-14)22(24)25/h3-11H,1-2H3,(H,19,21,23). The smallest absolute Gasteiger partial charge is 0.270 e. The molecule has 3 rings (SSSR count). The number of nitro benzene ring substituents is 1. The van der Waals surface area contributed by atoms with Crippen molar-refractivity contribution in [1.82, 2.24) is 10.2 Å². The van der Waals surface area contributed by atoms with E-state index in [1.807, 2.05) is 24.3 Å². The number of carbonyl (C=O) groups excluding carboxylic acids is 1. The van der Waals surface area contributed by atoms with Crippen molar-refractivity contribution in [2.45, 2.75) is 19.8 Å². The minimum Gasteiger partial charge on any atom is -0.296 e. The lowest BCUT2D eigenvalue weighted by Gasteiger charge is -2.04. The Bertz CT molecular complexity index is 951. The SMILES string of the molecule is CC(C)c1ccc(-c2nnc(NC(=O)c3cccc([N+](=O)[O-])c3)s2)cc1. The number of rotatable bonds is 5. The maximum atomic E-state index is 12.3. The highest BCUT2D eigenvalue weighted by atomic mass is 32.1. The molecule has 0 radical (unpaired) electrons. The van der Waals surface area contributed by atoms with Gasteiger partial charge in [0.15, 0.2) is 0 Å². The van der Waals surface area contributed by atoms with Crippen LogP contribution >= 0.6 is 11.3 Å². The lowest BCUT2D eigenvalue weighted by molar-refractivity contribution is -0.384. The third kappa shape index (κ3) is 3.92. The minimum absolute atomic E-state index is 0.138. The van der Waals surface area contributed by atoms with Crippen LogP contribution in [-0.4, -0.2) is 21.0 Å². The van der Waals surface area contributed by atoms with Crippen LogP contribution in [-0.2, 0) is 0 Å². The van der Waals surface area contributed by atoms with Crippen LogP contribution < -0.4 is 5.32 Å². The Morgan fingerprint density at radius 2 is 1.88 bits per heavy atom. The molecule has 0 aliphatic heterocycles. The van der Waals surface area contributed by atoms with E-state index in [0.29, 0.717) is 16.1 Å². The number of carbonyl (C=O) groups is 1. The van der Waals surface area contributed by atoms with Gasteiger partial charge in [0.25, 0.3) is 11.6 Å². The second-order valence-corrected chi connectivity index (χ2v) is 6.93. The number of anilines is 1. The molecule has 2 aromatic carbocycles. The molecule has 8 heteroatoms. The van der Waals surface area contributed by atoms with Gasteiger partial charge in [0.05, 0.1) is 4.92 Å².